The fourth-order valence-electron chi connectivity index (χ4n) is 2.55. The van der Waals surface area contributed by atoms with Crippen molar-refractivity contribution in [1.82, 2.24) is 14.7 Å². The summed E-state index contributed by atoms with van der Waals surface area (Å²) in [5.41, 5.74) is 2.45. The lowest BCUT2D eigenvalue weighted by Crippen LogP contribution is -2.26. The van der Waals surface area contributed by atoms with Crippen LogP contribution in [-0.4, -0.2) is 35.6 Å². The number of fused-ring (bicyclic) bond motifs is 1. The normalized spacial score (nSPS) is 11.5. The summed E-state index contributed by atoms with van der Waals surface area (Å²) in [6, 6.07) is 11.7. The second kappa shape index (κ2) is 8.43. The Hall–Kier alpha value is -2.95. The van der Waals surface area contributed by atoms with Crippen molar-refractivity contribution in [3.8, 4) is 17.3 Å². The Morgan fingerprint density at radius 3 is 2.96 bits per heavy atom. The molecule has 2 aromatic heterocycles. The summed E-state index contributed by atoms with van der Waals surface area (Å²) in [4.78, 5) is 17.8. The van der Waals surface area contributed by atoms with Gasteiger partial charge in [-0.1, -0.05) is 30.3 Å². The number of hydrogen-bond acceptors (Lipinski definition) is 5. The van der Waals surface area contributed by atoms with Crippen LogP contribution in [0.25, 0.3) is 22.3 Å². The molecule has 0 saturated carbocycles. The van der Waals surface area contributed by atoms with Gasteiger partial charge in [0.1, 0.15) is 11.6 Å². The number of amides is 1. The molecule has 1 aromatic carbocycles. The first kappa shape index (κ1) is 17.9. The van der Waals surface area contributed by atoms with E-state index in [4.69, 9.17) is 4.74 Å². The van der Waals surface area contributed by atoms with Gasteiger partial charge < -0.3 is 10.1 Å². The number of benzene rings is 1. The number of ether oxygens (including phenoxy) is 1. The molecule has 0 bridgehead atoms. The van der Waals surface area contributed by atoms with Crippen LogP contribution in [-0.2, 0) is 9.53 Å². The van der Waals surface area contributed by atoms with Crippen molar-refractivity contribution in [2.75, 3.05) is 20.3 Å². The molecule has 6 nitrogen and oxygen atoms in total. The van der Waals surface area contributed by atoms with Crippen molar-refractivity contribution in [2.45, 2.75) is 6.42 Å². The fourth-order valence-corrected chi connectivity index (χ4v) is 3.27. The molecule has 2 heterocycles. The molecule has 1 amide bonds. The monoisotopic (exact) mass is 366 g/mol. The number of imidazole rings is 1. The molecule has 0 unspecified atom stereocenters. The summed E-state index contributed by atoms with van der Waals surface area (Å²) in [6.45, 7) is 1.01. The molecule has 0 radical (unpaired) electrons. The van der Waals surface area contributed by atoms with E-state index < -0.39 is 5.91 Å². The third kappa shape index (κ3) is 3.82. The van der Waals surface area contributed by atoms with Gasteiger partial charge in [-0.05, 0) is 12.5 Å². The molecule has 132 valence electrons. The van der Waals surface area contributed by atoms with E-state index in [0.717, 1.165) is 21.9 Å². The van der Waals surface area contributed by atoms with Crippen LogP contribution in [0.3, 0.4) is 0 Å². The van der Waals surface area contributed by atoms with Gasteiger partial charge in [0.2, 0.25) is 0 Å². The zero-order valence-electron chi connectivity index (χ0n) is 14.3. The van der Waals surface area contributed by atoms with Gasteiger partial charge in [-0.25, -0.2) is 4.98 Å². The summed E-state index contributed by atoms with van der Waals surface area (Å²) >= 11 is 1.50. The summed E-state index contributed by atoms with van der Waals surface area (Å²) in [7, 11) is 1.61. The van der Waals surface area contributed by atoms with Gasteiger partial charge >= 0.3 is 0 Å². The van der Waals surface area contributed by atoms with Crippen molar-refractivity contribution in [2.24, 2.45) is 0 Å². The summed E-state index contributed by atoms with van der Waals surface area (Å²) < 4.78 is 6.85. The van der Waals surface area contributed by atoms with Crippen molar-refractivity contribution >= 4 is 28.3 Å². The van der Waals surface area contributed by atoms with Crippen LogP contribution in [0.15, 0.2) is 47.5 Å². The highest BCUT2D eigenvalue weighted by Crippen LogP contribution is 2.28. The quantitative estimate of drug-likeness (QED) is 0.396. The second-order valence-corrected chi connectivity index (χ2v) is 6.41. The SMILES string of the molecule is COCCCNC(=O)/C(C#N)=C/c1c(-c2ccccc2)nc2sccn12. The molecule has 0 fully saturated rings. The highest BCUT2D eigenvalue weighted by molar-refractivity contribution is 7.15. The van der Waals surface area contributed by atoms with Crippen LogP contribution in [0.5, 0.6) is 0 Å². The summed E-state index contributed by atoms with van der Waals surface area (Å²) in [6.07, 6.45) is 4.18. The average molecular weight is 366 g/mol. The van der Waals surface area contributed by atoms with Crippen LogP contribution >= 0.6 is 11.3 Å². The van der Waals surface area contributed by atoms with Gasteiger partial charge in [0.25, 0.3) is 5.91 Å². The minimum absolute atomic E-state index is 0.0487. The molecule has 0 saturated heterocycles. The predicted molar refractivity (Wildman–Crippen MR) is 102 cm³/mol. The predicted octanol–water partition coefficient (Wildman–Crippen LogP) is 3.12. The second-order valence-electron chi connectivity index (χ2n) is 5.54. The number of nitrogens with one attached hydrogen (secondary N) is 1. The number of hydrogen-bond donors (Lipinski definition) is 1. The van der Waals surface area contributed by atoms with Crippen molar-refractivity contribution in [3.63, 3.8) is 0 Å². The standard InChI is InChI=1S/C19H18N4O2S/c1-25-10-5-8-21-18(24)15(13-20)12-16-17(14-6-3-2-4-7-14)22-19-23(16)9-11-26-19/h2-4,6-7,9,11-12H,5,8,10H2,1H3,(H,21,24)/b15-12+. The van der Waals surface area contributed by atoms with E-state index in [2.05, 4.69) is 10.3 Å². The molecular formula is C19H18N4O2S. The minimum Gasteiger partial charge on any atom is -0.385 e. The fraction of sp³-hybridized carbons (Fsp3) is 0.211. The highest BCUT2D eigenvalue weighted by Gasteiger charge is 2.16. The number of aromatic nitrogens is 2. The van der Waals surface area contributed by atoms with E-state index in [1.54, 1.807) is 13.2 Å². The van der Waals surface area contributed by atoms with Crippen LogP contribution < -0.4 is 5.32 Å². The molecule has 0 spiro atoms. The molecule has 3 rings (SSSR count). The Morgan fingerprint density at radius 2 is 2.23 bits per heavy atom. The van der Waals surface area contributed by atoms with E-state index in [-0.39, 0.29) is 5.57 Å². The number of carbonyl (C=O) groups excluding carboxylic acids is 1. The van der Waals surface area contributed by atoms with Crippen LogP contribution in [0, 0.1) is 11.3 Å². The van der Waals surface area contributed by atoms with Crippen molar-refractivity contribution < 1.29 is 9.53 Å². The number of carbonyl (C=O) groups is 1. The Kier molecular flexibility index (Phi) is 5.79. The largest absolute Gasteiger partial charge is 0.385 e. The van der Waals surface area contributed by atoms with Gasteiger partial charge in [0, 0.05) is 37.4 Å². The summed E-state index contributed by atoms with van der Waals surface area (Å²) in [5.74, 6) is -0.396. The Balaban J connectivity index is 1.95. The van der Waals surface area contributed by atoms with Gasteiger partial charge in [-0.2, -0.15) is 5.26 Å². The van der Waals surface area contributed by atoms with Crippen LogP contribution in [0.2, 0.25) is 0 Å². The first-order chi connectivity index (χ1) is 12.7. The zero-order chi connectivity index (χ0) is 18.4. The minimum atomic E-state index is -0.396. The average Bonchev–Trinajstić information content (AvgIpc) is 3.25. The number of thiazole rings is 1. The molecule has 0 aliphatic rings. The van der Waals surface area contributed by atoms with E-state index in [1.165, 1.54) is 11.3 Å². The lowest BCUT2D eigenvalue weighted by Gasteiger charge is -2.04. The lowest BCUT2D eigenvalue weighted by molar-refractivity contribution is -0.117. The maximum Gasteiger partial charge on any atom is 0.262 e. The van der Waals surface area contributed by atoms with Crippen LogP contribution in [0.1, 0.15) is 12.1 Å². The van der Waals surface area contributed by atoms with Crippen molar-refractivity contribution in [1.29, 1.82) is 5.26 Å². The number of rotatable bonds is 7. The third-order valence-electron chi connectivity index (χ3n) is 3.80. The van der Waals surface area contributed by atoms with Gasteiger partial charge in [-0.3, -0.25) is 9.20 Å². The molecule has 7 heteroatoms. The lowest BCUT2D eigenvalue weighted by atomic mass is 10.1. The molecular weight excluding hydrogens is 348 g/mol. The first-order valence-electron chi connectivity index (χ1n) is 8.14. The number of methoxy groups -OCH3 is 1. The molecule has 0 atom stereocenters. The van der Waals surface area contributed by atoms with Gasteiger partial charge in [0.15, 0.2) is 4.96 Å². The molecule has 0 aliphatic heterocycles. The maximum atomic E-state index is 12.3. The van der Waals surface area contributed by atoms with Gasteiger partial charge in [-0.15, -0.1) is 11.3 Å². The summed E-state index contributed by atoms with van der Waals surface area (Å²) in [5, 5.41) is 14.1. The maximum absolute atomic E-state index is 12.3. The number of nitrogens with zero attached hydrogens (tertiary/aromatic N) is 3. The first-order valence-corrected chi connectivity index (χ1v) is 9.02. The smallest absolute Gasteiger partial charge is 0.262 e. The number of nitriles is 1. The molecule has 1 N–H and O–H groups in total. The highest BCUT2D eigenvalue weighted by atomic mass is 32.1. The molecule has 3 aromatic rings. The van der Waals surface area contributed by atoms with E-state index in [9.17, 15) is 10.1 Å². The van der Waals surface area contributed by atoms with E-state index in [0.29, 0.717) is 19.6 Å². The van der Waals surface area contributed by atoms with E-state index in [1.807, 2.05) is 52.4 Å². The topological polar surface area (TPSA) is 79.4 Å². The third-order valence-corrected chi connectivity index (χ3v) is 4.56. The van der Waals surface area contributed by atoms with Crippen LogP contribution in [0.4, 0.5) is 0 Å². The van der Waals surface area contributed by atoms with Crippen molar-refractivity contribution in [3.05, 3.63) is 53.2 Å². The zero-order valence-corrected chi connectivity index (χ0v) is 15.1. The Bertz CT molecular complexity index is 967. The Morgan fingerprint density at radius 1 is 1.42 bits per heavy atom. The van der Waals surface area contributed by atoms with Gasteiger partial charge in [0.05, 0.1) is 11.4 Å². The van der Waals surface area contributed by atoms with E-state index >= 15 is 0 Å². The Labute approximate surface area is 155 Å². The molecule has 0 aliphatic carbocycles. The molecule has 26 heavy (non-hydrogen) atoms.